The third kappa shape index (κ3) is 9.46. The maximum absolute atomic E-state index is 4.36. The smallest absolute Gasteiger partial charge is 0.191 e. The van der Waals surface area contributed by atoms with Gasteiger partial charge in [0.25, 0.3) is 0 Å². The van der Waals surface area contributed by atoms with E-state index in [9.17, 15) is 0 Å². The molecule has 0 aromatic carbocycles. The van der Waals surface area contributed by atoms with Gasteiger partial charge >= 0.3 is 0 Å². The van der Waals surface area contributed by atoms with Gasteiger partial charge in [0.1, 0.15) is 5.01 Å². The molecule has 0 aliphatic carbocycles. The first-order valence-corrected chi connectivity index (χ1v) is 9.01. The Morgan fingerprint density at radius 2 is 2.09 bits per heavy atom. The van der Waals surface area contributed by atoms with E-state index in [2.05, 4.69) is 53.2 Å². The Morgan fingerprint density at radius 1 is 1.39 bits per heavy atom. The Kier molecular flexibility index (Phi) is 12.7. The van der Waals surface area contributed by atoms with Crippen LogP contribution in [0.4, 0.5) is 0 Å². The van der Waals surface area contributed by atoms with Crippen molar-refractivity contribution in [2.45, 2.75) is 53.1 Å². The molecule has 0 amide bonds. The zero-order valence-electron chi connectivity index (χ0n) is 15.1. The number of rotatable bonds is 9. The Bertz CT molecular complexity index is 445. The molecule has 5 nitrogen and oxygen atoms in total. The first kappa shape index (κ1) is 22.6. The summed E-state index contributed by atoms with van der Waals surface area (Å²) >= 11 is 1.72. The molecule has 1 heterocycles. The number of hydrogen-bond donors (Lipinski definition) is 2. The minimum Gasteiger partial charge on any atom is -0.354 e. The van der Waals surface area contributed by atoms with E-state index in [0.717, 1.165) is 37.0 Å². The van der Waals surface area contributed by atoms with Crippen molar-refractivity contribution in [3.8, 4) is 0 Å². The van der Waals surface area contributed by atoms with Crippen molar-refractivity contribution in [1.82, 2.24) is 20.5 Å². The first-order chi connectivity index (χ1) is 10.6. The molecule has 7 heteroatoms. The minimum atomic E-state index is 0. The second-order valence-corrected chi connectivity index (χ2v) is 6.82. The van der Waals surface area contributed by atoms with E-state index in [1.54, 1.807) is 11.3 Å². The van der Waals surface area contributed by atoms with Crippen LogP contribution in [0.15, 0.2) is 11.2 Å². The zero-order valence-corrected chi connectivity index (χ0v) is 18.2. The van der Waals surface area contributed by atoms with E-state index < -0.39 is 0 Å². The van der Waals surface area contributed by atoms with Crippen molar-refractivity contribution >= 4 is 41.3 Å². The van der Waals surface area contributed by atoms with E-state index in [4.69, 9.17) is 0 Å². The molecule has 2 N–H and O–H groups in total. The maximum atomic E-state index is 4.36. The number of aliphatic imine (C=N–C) groups is 1. The molecule has 134 valence electrons. The van der Waals surface area contributed by atoms with E-state index in [1.165, 1.54) is 17.8 Å². The molecule has 0 aliphatic rings. The third-order valence-electron chi connectivity index (χ3n) is 3.69. The van der Waals surface area contributed by atoms with Crippen LogP contribution in [0.3, 0.4) is 0 Å². The van der Waals surface area contributed by atoms with Crippen LogP contribution in [0.25, 0.3) is 0 Å². The fraction of sp³-hybridized carbons (Fsp3) is 0.750. The molecule has 1 unspecified atom stereocenters. The van der Waals surface area contributed by atoms with Crippen molar-refractivity contribution < 1.29 is 0 Å². The van der Waals surface area contributed by atoms with Crippen molar-refractivity contribution in [2.24, 2.45) is 4.99 Å². The molecule has 1 aromatic rings. The summed E-state index contributed by atoms with van der Waals surface area (Å²) in [6.45, 7) is 12.9. The van der Waals surface area contributed by atoms with Crippen LogP contribution < -0.4 is 10.6 Å². The zero-order chi connectivity index (χ0) is 16.4. The van der Waals surface area contributed by atoms with E-state index in [0.29, 0.717) is 6.04 Å². The quantitative estimate of drug-likeness (QED) is 0.343. The highest BCUT2D eigenvalue weighted by atomic mass is 127. The molecule has 0 fully saturated rings. The topological polar surface area (TPSA) is 52.5 Å². The Balaban J connectivity index is 0.00000484. The Labute approximate surface area is 162 Å². The van der Waals surface area contributed by atoms with Crippen molar-refractivity contribution in [2.75, 3.05) is 26.7 Å². The Morgan fingerprint density at radius 3 is 2.61 bits per heavy atom. The highest BCUT2D eigenvalue weighted by molar-refractivity contribution is 14.0. The SMILES string of the molecule is CCN(CC)CCCC(C)NC(=NC)NCc1ncc(C)s1.I. The number of aryl methyl sites for hydroxylation is 1. The lowest BCUT2D eigenvalue weighted by Crippen LogP contribution is -2.42. The molecule has 1 rings (SSSR count). The summed E-state index contributed by atoms with van der Waals surface area (Å²) in [7, 11) is 1.81. The molecule has 0 saturated carbocycles. The number of thiazole rings is 1. The standard InChI is InChI=1S/C16H31N5S.HI/c1-6-21(7-2)10-8-9-13(3)20-16(17-5)19-12-15-18-11-14(4)22-15;/h11,13H,6-10,12H2,1-5H3,(H2,17,19,20);1H. The van der Waals surface area contributed by atoms with Gasteiger partial charge in [-0.2, -0.15) is 0 Å². The average Bonchev–Trinajstić information content (AvgIpc) is 2.93. The van der Waals surface area contributed by atoms with E-state index in [-0.39, 0.29) is 24.0 Å². The van der Waals surface area contributed by atoms with Crippen molar-refractivity contribution in [3.63, 3.8) is 0 Å². The molecular formula is C16H32IN5S. The van der Waals surface area contributed by atoms with Gasteiger partial charge < -0.3 is 15.5 Å². The third-order valence-corrected chi connectivity index (χ3v) is 4.60. The summed E-state index contributed by atoms with van der Waals surface area (Å²) in [5.41, 5.74) is 0. The molecule has 1 aromatic heterocycles. The van der Waals surface area contributed by atoms with Gasteiger partial charge in [-0.3, -0.25) is 4.99 Å². The van der Waals surface area contributed by atoms with E-state index in [1.807, 2.05) is 13.2 Å². The lowest BCUT2D eigenvalue weighted by atomic mass is 10.2. The lowest BCUT2D eigenvalue weighted by molar-refractivity contribution is 0.292. The van der Waals surface area contributed by atoms with Gasteiger partial charge in [0.15, 0.2) is 5.96 Å². The van der Waals surface area contributed by atoms with Crippen LogP contribution >= 0.6 is 35.3 Å². The second-order valence-electron chi connectivity index (χ2n) is 5.50. The van der Waals surface area contributed by atoms with Gasteiger partial charge in [0.05, 0.1) is 6.54 Å². The molecule has 23 heavy (non-hydrogen) atoms. The van der Waals surface area contributed by atoms with Crippen molar-refractivity contribution in [1.29, 1.82) is 0 Å². The summed E-state index contributed by atoms with van der Waals surface area (Å²) in [6, 6.07) is 0.416. The van der Waals surface area contributed by atoms with Crippen LogP contribution in [0.5, 0.6) is 0 Å². The van der Waals surface area contributed by atoms with Crippen LogP contribution in [0, 0.1) is 6.92 Å². The summed E-state index contributed by atoms with van der Waals surface area (Å²) in [6.07, 6.45) is 4.26. The van der Waals surface area contributed by atoms with Crippen LogP contribution in [-0.4, -0.2) is 48.6 Å². The normalized spacial score (nSPS) is 12.9. The second kappa shape index (κ2) is 12.9. The number of hydrogen-bond acceptors (Lipinski definition) is 4. The van der Waals surface area contributed by atoms with Gasteiger partial charge in [-0.25, -0.2) is 4.98 Å². The minimum absolute atomic E-state index is 0. The predicted molar refractivity (Wildman–Crippen MR) is 112 cm³/mol. The number of aromatic nitrogens is 1. The Hall–Kier alpha value is -0.410. The van der Waals surface area contributed by atoms with Gasteiger partial charge in [0.2, 0.25) is 0 Å². The molecule has 0 aliphatic heterocycles. The average molecular weight is 453 g/mol. The van der Waals surface area contributed by atoms with Crippen LogP contribution in [-0.2, 0) is 6.54 Å². The van der Waals surface area contributed by atoms with Crippen molar-refractivity contribution in [3.05, 3.63) is 16.1 Å². The summed E-state index contributed by atoms with van der Waals surface area (Å²) in [5, 5.41) is 7.87. The monoisotopic (exact) mass is 453 g/mol. The fourth-order valence-electron chi connectivity index (χ4n) is 2.30. The fourth-order valence-corrected chi connectivity index (χ4v) is 3.03. The van der Waals surface area contributed by atoms with Gasteiger partial charge in [0, 0.05) is 24.2 Å². The molecule has 0 bridgehead atoms. The molecule has 0 radical (unpaired) electrons. The van der Waals surface area contributed by atoms with Crippen LogP contribution in [0.1, 0.15) is 43.5 Å². The summed E-state index contributed by atoms with van der Waals surface area (Å²) in [5.74, 6) is 0.850. The van der Waals surface area contributed by atoms with Crippen LogP contribution in [0.2, 0.25) is 0 Å². The first-order valence-electron chi connectivity index (χ1n) is 8.19. The number of nitrogens with zero attached hydrogens (tertiary/aromatic N) is 3. The largest absolute Gasteiger partial charge is 0.354 e. The van der Waals surface area contributed by atoms with Gasteiger partial charge in [-0.1, -0.05) is 13.8 Å². The lowest BCUT2D eigenvalue weighted by Gasteiger charge is -2.21. The number of nitrogens with one attached hydrogen (secondary N) is 2. The highest BCUT2D eigenvalue weighted by Crippen LogP contribution is 2.10. The summed E-state index contributed by atoms with van der Waals surface area (Å²) in [4.78, 5) is 12.3. The molecular weight excluding hydrogens is 421 g/mol. The van der Waals surface area contributed by atoms with E-state index >= 15 is 0 Å². The predicted octanol–water partition coefficient (Wildman–Crippen LogP) is 3.25. The molecule has 0 saturated heterocycles. The maximum Gasteiger partial charge on any atom is 0.191 e. The molecule has 0 spiro atoms. The molecule has 1 atom stereocenters. The highest BCUT2D eigenvalue weighted by Gasteiger charge is 2.07. The summed E-state index contributed by atoms with van der Waals surface area (Å²) < 4.78 is 0. The van der Waals surface area contributed by atoms with Gasteiger partial charge in [-0.15, -0.1) is 35.3 Å². The number of halogens is 1. The van der Waals surface area contributed by atoms with Gasteiger partial charge in [-0.05, 0) is 46.3 Å². The number of guanidine groups is 1.